The SMILES string of the molecule is Cc1nc(S(=O)(=O)NCC(C)CN)cn1C.Cl. The van der Waals surface area contributed by atoms with E-state index >= 15 is 0 Å². The Morgan fingerprint density at radius 2 is 2.18 bits per heavy atom. The van der Waals surface area contributed by atoms with Gasteiger partial charge in [0.2, 0.25) is 0 Å². The van der Waals surface area contributed by atoms with Crippen molar-refractivity contribution in [3.05, 3.63) is 12.0 Å². The Morgan fingerprint density at radius 3 is 2.59 bits per heavy atom. The zero-order chi connectivity index (χ0) is 12.3. The lowest BCUT2D eigenvalue weighted by atomic mass is 10.2. The van der Waals surface area contributed by atoms with Crippen LogP contribution in [0.5, 0.6) is 0 Å². The lowest BCUT2D eigenvalue weighted by Crippen LogP contribution is -2.31. The van der Waals surface area contributed by atoms with Crippen molar-refractivity contribution in [2.24, 2.45) is 18.7 Å². The van der Waals surface area contributed by atoms with Crippen molar-refractivity contribution >= 4 is 22.4 Å². The van der Waals surface area contributed by atoms with Crippen molar-refractivity contribution in [3.8, 4) is 0 Å². The molecule has 6 nitrogen and oxygen atoms in total. The number of halogens is 1. The summed E-state index contributed by atoms with van der Waals surface area (Å²) in [5, 5.41) is 0.0525. The van der Waals surface area contributed by atoms with E-state index < -0.39 is 10.0 Å². The highest BCUT2D eigenvalue weighted by atomic mass is 35.5. The molecule has 1 aromatic rings. The molecule has 0 bridgehead atoms. The molecule has 1 rings (SSSR count). The normalized spacial score (nSPS) is 13.2. The molecule has 0 fully saturated rings. The molecule has 0 aliphatic heterocycles. The van der Waals surface area contributed by atoms with Gasteiger partial charge in [0.1, 0.15) is 5.82 Å². The summed E-state index contributed by atoms with van der Waals surface area (Å²) >= 11 is 0. The van der Waals surface area contributed by atoms with Gasteiger partial charge < -0.3 is 10.3 Å². The smallest absolute Gasteiger partial charge is 0.259 e. The number of hydrogen-bond acceptors (Lipinski definition) is 4. The number of aromatic nitrogens is 2. The van der Waals surface area contributed by atoms with E-state index in [4.69, 9.17) is 5.73 Å². The molecule has 1 atom stereocenters. The first-order valence-corrected chi connectivity index (χ1v) is 6.55. The highest BCUT2D eigenvalue weighted by molar-refractivity contribution is 7.89. The van der Waals surface area contributed by atoms with Gasteiger partial charge in [0.15, 0.2) is 5.03 Å². The first-order valence-electron chi connectivity index (χ1n) is 5.06. The predicted octanol–water partition coefficient (Wildman–Crippen LogP) is 0.0234. The van der Waals surface area contributed by atoms with Crippen molar-refractivity contribution < 1.29 is 8.42 Å². The number of sulfonamides is 1. The Labute approximate surface area is 108 Å². The lowest BCUT2D eigenvalue weighted by molar-refractivity contribution is 0.543. The Morgan fingerprint density at radius 1 is 1.59 bits per heavy atom. The summed E-state index contributed by atoms with van der Waals surface area (Å²) in [6.45, 7) is 4.41. The second-order valence-corrected chi connectivity index (χ2v) is 5.64. The topological polar surface area (TPSA) is 90.0 Å². The van der Waals surface area contributed by atoms with Gasteiger partial charge in [-0.05, 0) is 19.4 Å². The molecule has 0 spiro atoms. The Balaban J connectivity index is 0.00000256. The largest absolute Gasteiger partial charge is 0.337 e. The third-order valence-corrected chi connectivity index (χ3v) is 3.68. The van der Waals surface area contributed by atoms with Crippen LogP contribution in [-0.2, 0) is 17.1 Å². The van der Waals surface area contributed by atoms with E-state index in [9.17, 15) is 8.42 Å². The highest BCUT2D eigenvalue weighted by Gasteiger charge is 2.18. The van der Waals surface area contributed by atoms with Gasteiger partial charge in [-0.15, -0.1) is 12.4 Å². The van der Waals surface area contributed by atoms with Gasteiger partial charge >= 0.3 is 0 Å². The van der Waals surface area contributed by atoms with E-state index in [-0.39, 0.29) is 23.4 Å². The summed E-state index contributed by atoms with van der Waals surface area (Å²) in [6.07, 6.45) is 1.49. The first-order chi connectivity index (χ1) is 7.36. The summed E-state index contributed by atoms with van der Waals surface area (Å²) < 4.78 is 27.7. The van der Waals surface area contributed by atoms with Crippen LogP contribution in [0.2, 0.25) is 0 Å². The number of imidazole rings is 1. The molecule has 0 saturated carbocycles. The van der Waals surface area contributed by atoms with Crippen LogP contribution in [0.15, 0.2) is 11.2 Å². The van der Waals surface area contributed by atoms with Crippen molar-refractivity contribution in [3.63, 3.8) is 0 Å². The minimum Gasteiger partial charge on any atom is -0.337 e. The molecule has 0 amide bonds. The maximum atomic E-state index is 11.8. The third-order valence-electron chi connectivity index (χ3n) is 2.39. The maximum absolute atomic E-state index is 11.8. The van der Waals surface area contributed by atoms with E-state index in [0.717, 1.165) is 0 Å². The van der Waals surface area contributed by atoms with Crippen molar-refractivity contribution in [1.82, 2.24) is 14.3 Å². The Hall–Kier alpha value is -0.630. The summed E-state index contributed by atoms with van der Waals surface area (Å²) in [4.78, 5) is 3.97. The minimum absolute atomic E-state index is 0. The van der Waals surface area contributed by atoms with Crippen LogP contribution in [0.3, 0.4) is 0 Å². The fourth-order valence-corrected chi connectivity index (χ4v) is 2.27. The van der Waals surface area contributed by atoms with Gasteiger partial charge in [-0.2, -0.15) is 0 Å². The third kappa shape index (κ3) is 4.27. The molecule has 0 saturated heterocycles. The number of nitrogens with one attached hydrogen (secondary N) is 1. The van der Waals surface area contributed by atoms with Crippen LogP contribution in [0.25, 0.3) is 0 Å². The monoisotopic (exact) mass is 282 g/mol. The summed E-state index contributed by atoms with van der Waals surface area (Å²) in [5.74, 6) is 0.770. The molecule has 1 heterocycles. The van der Waals surface area contributed by atoms with Crippen LogP contribution >= 0.6 is 12.4 Å². The number of nitrogens with two attached hydrogens (primary N) is 1. The van der Waals surface area contributed by atoms with Gasteiger partial charge in [-0.3, -0.25) is 0 Å². The van der Waals surface area contributed by atoms with Crippen LogP contribution < -0.4 is 10.5 Å². The molecule has 8 heteroatoms. The first kappa shape index (κ1) is 16.4. The molecule has 0 radical (unpaired) electrons. The van der Waals surface area contributed by atoms with E-state index in [0.29, 0.717) is 18.9 Å². The summed E-state index contributed by atoms with van der Waals surface area (Å²) in [6, 6.07) is 0. The van der Waals surface area contributed by atoms with Crippen LogP contribution in [-0.4, -0.2) is 31.1 Å². The fourth-order valence-electron chi connectivity index (χ4n) is 1.07. The molecule has 17 heavy (non-hydrogen) atoms. The Bertz CT molecular complexity index is 438. The van der Waals surface area contributed by atoms with E-state index in [2.05, 4.69) is 9.71 Å². The summed E-state index contributed by atoms with van der Waals surface area (Å²) in [7, 11) is -1.75. The average molecular weight is 283 g/mol. The molecular formula is C9H19ClN4O2S. The van der Waals surface area contributed by atoms with E-state index in [1.54, 1.807) is 18.5 Å². The zero-order valence-electron chi connectivity index (χ0n) is 10.2. The quantitative estimate of drug-likeness (QED) is 0.797. The van der Waals surface area contributed by atoms with E-state index in [1.165, 1.54) is 6.20 Å². The van der Waals surface area contributed by atoms with Crippen LogP contribution in [0.4, 0.5) is 0 Å². The van der Waals surface area contributed by atoms with Gasteiger partial charge in [0, 0.05) is 19.8 Å². The molecule has 0 aliphatic carbocycles. The van der Waals surface area contributed by atoms with Crippen molar-refractivity contribution in [1.29, 1.82) is 0 Å². The van der Waals surface area contributed by atoms with E-state index in [1.807, 2.05) is 6.92 Å². The van der Waals surface area contributed by atoms with Crippen LogP contribution in [0.1, 0.15) is 12.7 Å². The maximum Gasteiger partial charge on any atom is 0.259 e. The number of nitrogens with zero attached hydrogens (tertiary/aromatic N) is 2. The average Bonchev–Trinajstić information content (AvgIpc) is 2.56. The molecule has 3 N–H and O–H groups in total. The summed E-state index contributed by atoms with van der Waals surface area (Å²) in [5.41, 5.74) is 5.41. The fraction of sp³-hybridized carbons (Fsp3) is 0.667. The van der Waals surface area contributed by atoms with Crippen molar-refractivity contribution in [2.45, 2.75) is 18.9 Å². The Kier molecular flexibility index (Phi) is 6.11. The van der Waals surface area contributed by atoms with Gasteiger partial charge in [0.25, 0.3) is 10.0 Å². The minimum atomic E-state index is -3.50. The van der Waals surface area contributed by atoms with Crippen molar-refractivity contribution in [2.75, 3.05) is 13.1 Å². The molecule has 100 valence electrons. The second kappa shape index (κ2) is 6.34. The predicted molar refractivity (Wildman–Crippen MR) is 68.6 cm³/mol. The zero-order valence-corrected chi connectivity index (χ0v) is 11.8. The molecular weight excluding hydrogens is 264 g/mol. The molecule has 0 aliphatic rings. The number of hydrogen-bond donors (Lipinski definition) is 2. The standard InChI is InChI=1S/C9H18N4O2S.ClH/c1-7(4-10)5-11-16(14,15)9-6-13(3)8(2)12-9;/h6-7,11H,4-5,10H2,1-3H3;1H. The molecule has 1 unspecified atom stereocenters. The molecule has 1 aromatic heterocycles. The second-order valence-electron chi connectivity index (χ2n) is 3.93. The number of aryl methyl sites for hydroxylation is 2. The van der Waals surface area contributed by atoms with Gasteiger partial charge in [-0.25, -0.2) is 18.1 Å². The van der Waals surface area contributed by atoms with Gasteiger partial charge in [0.05, 0.1) is 0 Å². The molecule has 0 aromatic carbocycles. The van der Waals surface area contributed by atoms with Gasteiger partial charge in [-0.1, -0.05) is 6.92 Å². The number of rotatable bonds is 5. The highest BCUT2D eigenvalue weighted by Crippen LogP contribution is 2.07. The van der Waals surface area contributed by atoms with Crippen LogP contribution in [0, 0.1) is 12.8 Å². The lowest BCUT2D eigenvalue weighted by Gasteiger charge is -2.08.